The van der Waals surface area contributed by atoms with Crippen molar-refractivity contribution in [3.05, 3.63) is 29.3 Å². The molecule has 0 unspecified atom stereocenters. The first-order valence-electron chi connectivity index (χ1n) is 6.96. The third-order valence-electron chi connectivity index (χ3n) is 4.51. The summed E-state index contributed by atoms with van der Waals surface area (Å²) in [6, 6.07) is 7.92. The van der Waals surface area contributed by atoms with Gasteiger partial charge in [0, 0.05) is 10.7 Å². The highest BCUT2D eigenvalue weighted by Crippen LogP contribution is 2.41. The van der Waals surface area contributed by atoms with Crippen LogP contribution in [0, 0.1) is 5.92 Å². The molecule has 1 spiro atoms. The number of hydrogen-bond acceptors (Lipinski definition) is 3. The molecular formula is C15H20ClN3. The molecule has 1 saturated carbocycles. The molecule has 4 heteroatoms. The van der Waals surface area contributed by atoms with E-state index in [0.29, 0.717) is 5.96 Å². The van der Waals surface area contributed by atoms with Gasteiger partial charge in [0.15, 0.2) is 5.96 Å². The van der Waals surface area contributed by atoms with E-state index in [-0.39, 0.29) is 5.54 Å². The standard InChI is InChI=1S/C15H20ClN3/c1-11-5-7-15(8-6-11)10-18-14(17)19(15)13-4-2-3-12(16)9-13/h2-4,9,11H,5-8,10H2,1H3,(H2,17,18). The molecular weight excluding hydrogens is 258 g/mol. The van der Waals surface area contributed by atoms with Crippen LogP contribution in [0.5, 0.6) is 0 Å². The second-order valence-corrected chi connectivity index (χ2v) is 6.33. The largest absolute Gasteiger partial charge is 0.369 e. The van der Waals surface area contributed by atoms with Crippen molar-refractivity contribution in [2.75, 3.05) is 11.4 Å². The summed E-state index contributed by atoms with van der Waals surface area (Å²) in [5, 5.41) is 0.747. The lowest BCUT2D eigenvalue weighted by atomic mass is 9.76. The number of anilines is 1. The topological polar surface area (TPSA) is 41.6 Å². The number of rotatable bonds is 1. The summed E-state index contributed by atoms with van der Waals surface area (Å²) < 4.78 is 0. The minimum absolute atomic E-state index is 0.0846. The number of nitrogens with zero attached hydrogens (tertiary/aromatic N) is 2. The zero-order valence-corrected chi connectivity index (χ0v) is 12.0. The average Bonchev–Trinajstić information content (AvgIpc) is 2.71. The fourth-order valence-electron chi connectivity index (χ4n) is 3.32. The van der Waals surface area contributed by atoms with Crippen LogP contribution in [0.4, 0.5) is 5.69 Å². The second-order valence-electron chi connectivity index (χ2n) is 5.90. The highest BCUT2D eigenvalue weighted by Gasteiger charge is 2.44. The Bertz CT molecular complexity index is 504. The first kappa shape index (κ1) is 12.8. The minimum atomic E-state index is 0.0846. The molecule has 1 aromatic rings. The van der Waals surface area contributed by atoms with E-state index in [2.05, 4.69) is 22.9 Å². The van der Waals surface area contributed by atoms with Crippen LogP contribution in [0.1, 0.15) is 32.6 Å². The van der Waals surface area contributed by atoms with Gasteiger partial charge in [-0.25, -0.2) is 0 Å². The van der Waals surface area contributed by atoms with Crippen molar-refractivity contribution >= 4 is 23.2 Å². The van der Waals surface area contributed by atoms with Crippen molar-refractivity contribution in [3.8, 4) is 0 Å². The molecule has 19 heavy (non-hydrogen) atoms. The number of nitrogens with two attached hydrogens (primary N) is 1. The van der Waals surface area contributed by atoms with Crippen molar-refractivity contribution in [1.29, 1.82) is 0 Å². The summed E-state index contributed by atoms with van der Waals surface area (Å²) in [4.78, 5) is 6.72. The maximum absolute atomic E-state index is 6.13. The van der Waals surface area contributed by atoms with Crippen molar-refractivity contribution in [2.24, 2.45) is 16.6 Å². The Labute approximate surface area is 119 Å². The van der Waals surface area contributed by atoms with E-state index in [4.69, 9.17) is 17.3 Å². The molecule has 3 nitrogen and oxygen atoms in total. The Hall–Kier alpha value is -1.22. The van der Waals surface area contributed by atoms with E-state index >= 15 is 0 Å². The van der Waals surface area contributed by atoms with E-state index in [1.807, 2.05) is 18.2 Å². The first-order valence-corrected chi connectivity index (χ1v) is 7.34. The maximum atomic E-state index is 6.13. The van der Waals surface area contributed by atoms with Gasteiger partial charge in [-0.1, -0.05) is 24.6 Å². The van der Waals surface area contributed by atoms with Crippen LogP contribution in [0.2, 0.25) is 5.02 Å². The highest BCUT2D eigenvalue weighted by atomic mass is 35.5. The van der Waals surface area contributed by atoms with E-state index < -0.39 is 0 Å². The van der Waals surface area contributed by atoms with Crippen LogP contribution < -0.4 is 10.6 Å². The lowest BCUT2D eigenvalue weighted by Gasteiger charge is -2.43. The number of aliphatic imine (C=N–C) groups is 1. The Morgan fingerprint density at radius 2 is 2.11 bits per heavy atom. The highest BCUT2D eigenvalue weighted by molar-refractivity contribution is 6.31. The average molecular weight is 278 g/mol. The van der Waals surface area contributed by atoms with Gasteiger partial charge in [0.25, 0.3) is 0 Å². The molecule has 3 rings (SSSR count). The quantitative estimate of drug-likeness (QED) is 0.854. The van der Waals surface area contributed by atoms with Gasteiger partial charge in [-0.2, -0.15) is 0 Å². The van der Waals surface area contributed by atoms with Crippen LogP contribution in [0.25, 0.3) is 0 Å². The summed E-state index contributed by atoms with van der Waals surface area (Å²) in [6.45, 7) is 3.15. The van der Waals surface area contributed by atoms with Gasteiger partial charge in [0.2, 0.25) is 0 Å². The van der Waals surface area contributed by atoms with Gasteiger partial charge in [-0.05, 0) is 49.8 Å². The third-order valence-corrected chi connectivity index (χ3v) is 4.75. The molecule has 2 aliphatic rings. The first-order chi connectivity index (χ1) is 9.11. The molecule has 1 aromatic carbocycles. The Balaban J connectivity index is 1.94. The van der Waals surface area contributed by atoms with Gasteiger partial charge < -0.3 is 10.6 Å². The molecule has 0 amide bonds. The lowest BCUT2D eigenvalue weighted by Crippen LogP contribution is -2.53. The molecule has 0 aromatic heterocycles. The van der Waals surface area contributed by atoms with Crippen LogP contribution >= 0.6 is 11.6 Å². The Kier molecular flexibility index (Phi) is 3.17. The van der Waals surface area contributed by atoms with Gasteiger partial charge >= 0.3 is 0 Å². The lowest BCUT2D eigenvalue weighted by molar-refractivity contribution is 0.261. The van der Waals surface area contributed by atoms with Crippen molar-refractivity contribution in [3.63, 3.8) is 0 Å². The fraction of sp³-hybridized carbons (Fsp3) is 0.533. The molecule has 1 aliphatic carbocycles. The van der Waals surface area contributed by atoms with E-state index in [9.17, 15) is 0 Å². The van der Waals surface area contributed by atoms with Crippen molar-refractivity contribution in [1.82, 2.24) is 0 Å². The summed E-state index contributed by atoms with van der Waals surface area (Å²) in [6.07, 6.45) is 4.81. The maximum Gasteiger partial charge on any atom is 0.196 e. The van der Waals surface area contributed by atoms with Gasteiger partial charge in [-0.3, -0.25) is 4.99 Å². The summed E-state index contributed by atoms with van der Waals surface area (Å²) >= 11 is 6.11. The van der Waals surface area contributed by atoms with Crippen LogP contribution in [-0.2, 0) is 0 Å². The Morgan fingerprint density at radius 1 is 1.37 bits per heavy atom. The summed E-state index contributed by atoms with van der Waals surface area (Å²) in [5.41, 5.74) is 7.29. The molecule has 2 N–H and O–H groups in total. The van der Waals surface area contributed by atoms with E-state index in [1.165, 1.54) is 12.8 Å². The Morgan fingerprint density at radius 3 is 2.79 bits per heavy atom. The van der Waals surface area contributed by atoms with Crippen LogP contribution in [0.3, 0.4) is 0 Å². The zero-order valence-electron chi connectivity index (χ0n) is 11.3. The fourth-order valence-corrected chi connectivity index (χ4v) is 3.50. The number of hydrogen-bond donors (Lipinski definition) is 1. The van der Waals surface area contributed by atoms with E-state index in [1.54, 1.807) is 0 Å². The van der Waals surface area contributed by atoms with Gasteiger partial charge in [0.05, 0.1) is 12.1 Å². The van der Waals surface area contributed by atoms with Crippen molar-refractivity contribution < 1.29 is 0 Å². The van der Waals surface area contributed by atoms with Gasteiger partial charge in [0.1, 0.15) is 0 Å². The molecule has 1 fully saturated rings. The zero-order chi connectivity index (χ0) is 13.5. The normalized spacial score (nSPS) is 30.7. The third kappa shape index (κ3) is 2.20. The SMILES string of the molecule is CC1CCC2(CC1)CN=C(N)N2c1cccc(Cl)c1. The second kappa shape index (κ2) is 4.71. The van der Waals surface area contributed by atoms with Gasteiger partial charge in [-0.15, -0.1) is 0 Å². The monoisotopic (exact) mass is 277 g/mol. The molecule has 1 aliphatic heterocycles. The number of halogens is 1. The van der Waals surface area contributed by atoms with Crippen LogP contribution in [-0.4, -0.2) is 18.0 Å². The smallest absolute Gasteiger partial charge is 0.196 e. The van der Waals surface area contributed by atoms with Crippen molar-refractivity contribution in [2.45, 2.75) is 38.1 Å². The minimum Gasteiger partial charge on any atom is -0.369 e. The molecule has 1 heterocycles. The predicted molar refractivity (Wildman–Crippen MR) is 80.8 cm³/mol. The molecule has 0 atom stereocenters. The van der Waals surface area contributed by atoms with E-state index in [0.717, 1.165) is 36.0 Å². The molecule has 0 bridgehead atoms. The predicted octanol–water partition coefficient (Wildman–Crippen LogP) is 3.42. The summed E-state index contributed by atoms with van der Waals surface area (Å²) in [7, 11) is 0. The number of guanidine groups is 1. The molecule has 102 valence electrons. The molecule has 0 saturated heterocycles. The summed E-state index contributed by atoms with van der Waals surface area (Å²) in [5.74, 6) is 1.45. The molecule has 0 radical (unpaired) electrons. The number of benzene rings is 1. The van der Waals surface area contributed by atoms with Crippen LogP contribution in [0.15, 0.2) is 29.3 Å².